The van der Waals surface area contributed by atoms with Crippen LogP contribution in [0.2, 0.25) is 5.02 Å². The van der Waals surface area contributed by atoms with Gasteiger partial charge >= 0.3 is 0 Å². The Bertz CT molecular complexity index is 729. The maximum absolute atomic E-state index is 12.2. The highest BCUT2D eigenvalue weighted by Gasteiger charge is 2.15. The first-order valence-corrected chi connectivity index (χ1v) is 7.65. The summed E-state index contributed by atoms with van der Waals surface area (Å²) in [5.74, 6) is 0.0602. The summed E-state index contributed by atoms with van der Waals surface area (Å²) in [5, 5.41) is 13.5. The number of nitro benzene ring substituents is 1. The molecule has 0 heterocycles. The molecule has 0 aromatic heterocycles. The van der Waals surface area contributed by atoms with Crippen LogP contribution in [0.3, 0.4) is 0 Å². The lowest BCUT2D eigenvalue weighted by molar-refractivity contribution is -0.384. The van der Waals surface area contributed by atoms with Crippen molar-refractivity contribution in [3.05, 3.63) is 68.7 Å². The fourth-order valence-electron chi connectivity index (χ4n) is 2.13. The van der Waals surface area contributed by atoms with Crippen molar-refractivity contribution in [3.8, 4) is 0 Å². The number of rotatable bonds is 5. The highest BCUT2D eigenvalue weighted by Crippen LogP contribution is 2.24. The molecular formula is C17H17ClN2O3. The number of hydrogen-bond acceptors (Lipinski definition) is 3. The van der Waals surface area contributed by atoms with E-state index in [1.54, 1.807) is 0 Å². The quantitative estimate of drug-likeness (QED) is 0.617. The second-order valence-corrected chi connectivity index (χ2v) is 5.71. The number of halogens is 1. The van der Waals surface area contributed by atoms with Gasteiger partial charge in [0.25, 0.3) is 11.6 Å². The molecule has 6 heteroatoms. The lowest BCUT2D eigenvalue weighted by Crippen LogP contribution is -2.12. The number of non-ortho nitro benzene ring substituents is 1. The van der Waals surface area contributed by atoms with Crippen LogP contribution in [-0.2, 0) is 0 Å². The van der Waals surface area contributed by atoms with Crippen molar-refractivity contribution in [1.82, 2.24) is 0 Å². The second-order valence-electron chi connectivity index (χ2n) is 5.31. The maximum Gasteiger partial charge on any atom is 0.270 e. The van der Waals surface area contributed by atoms with E-state index in [1.165, 1.54) is 23.8 Å². The molecule has 0 saturated heterocycles. The van der Waals surface area contributed by atoms with Crippen LogP contribution < -0.4 is 5.32 Å². The van der Waals surface area contributed by atoms with Crippen LogP contribution in [0.4, 0.5) is 11.4 Å². The molecule has 0 bridgehead atoms. The Balaban J connectivity index is 2.14. The number of hydrogen-bond donors (Lipinski definition) is 1. The number of benzene rings is 2. The lowest BCUT2D eigenvalue weighted by atomic mass is 9.98. The fraction of sp³-hybridized carbons (Fsp3) is 0.235. The summed E-state index contributed by atoms with van der Waals surface area (Å²) in [6.45, 7) is 4.27. The average molecular weight is 333 g/mol. The van der Waals surface area contributed by atoms with Crippen molar-refractivity contribution in [2.45, 2.75) is 26.2 Å². The van der Waals surface area contributed by atoms with Gasteiger partial charge < -0.3 is 5.32 Å². The number of carbonyl (C=O) groups is 1. The van der Waals surface area contributed by atoms with Gasteiger partial charge in [0.2, 0.25) is 0 Å². The van der Waals surface area contributed by atoms with E-state index in [9.17, 15) is 14.9 Å². The van der Waals surface area contributed by atoms with E-state index in [0.29, 0.717) is 11.6 Å². The largest absolute Gasteiger partial charge is 0.322 e. The zero-order chi connectivity index (χ0) is 17.0. The summed E-state index contributed by atoms with van der Waals surface area (Å²) in [6, 6.07) is 11.4. The van der Waals surface area contributed by atoms with E-state index in [1.807, 2.05) is 24.3 Å². The molecule has 1 amide bonds. The first-order valence-electron chi connectivity index (χ1n) is 7.27. The SMILES string of the molecule is CCC(C)c1ccc(NC(=O)c2ccc([N+](=O)[O-])cc2Cl)cc1. The first kappa shape index (κ1) is 17.0. The van der Waals surface area contributed by atoms with E-state index in [4.69, 9.17) is 11.6 Å². The monoisotopic (exact) mass is 332 g/mol. The van der Waals surface area contributed by atoms with Crippen LogP contribution >= 0.6 is 11.6 Å². The van der Waals surface area contributed by atoms with Crippen LogP contribution in [-0.4, -0.2) is 10.8 Å². The molecule has 120 valence electrons. The number of amides is 1. The van der Waals surface area contributed by atoms with Crippen molar-refractivity contribution < 1.29 is 9.72 Å². The highest BCUT2D eigenvalue weighted by atomic mass is 35.5. The molecule has 0 spiro atoms. The van der Waals surface area contributed by atoms with Crippen molar-refractivity contribution >= 4 is 28.9 Å². The van der Waals surface area contributed by atoms with E-state index >= 15 is 0 Å². The van der Waals surface area contributed by atoms with Gasteiger partial charge in [-0.15, -0.1) is 0 Å². The molecule has 0 radical (unpaired) electrons. The third kappa shape index (κ3) is 4.07. The van der Waals surface area contributed by atoms with Crippen LogP contribution in [0.25, 0.3) is 0 Å². The standard InChI is InChI=1S/C17H17ClN2O3/c1-3-11(2)12-4-6-13(7-5-12)19-17(21)15-9-8-14(20(22)23)10-16(15)18/h4-11H,3H2,1-2H3,(H,19,21). The molecule has 0 fully saturated rings. The lowest BCUT2D eigenvalue weighted by Gasteiger charge is -2.11. The summed E-state index contributed by atoms with van der Waals surface area (Å²) < 4.78 is 0. The number of nitrogens with zero attached hydrogens (tertiary/aromatic N) is 1. The Labute approximate surface area is 139 Å². The van der Waals surface area contributed by atoms with Gasteiger partial charge in [0, 0.05) is 17.8 Å². The molecule has 0 aliphatic carbocycles. The maximum atomic E-state index is 12.2. The van der Waals surface area contributed by atoms with E-state index in [0.717, 1.165) is 6.42 Å². The highest BCUT2D eigenvalue weighted by molar-refractivity contribution is 6.34. The summed E-state index contributed by atoms with van der Waals surface area (Å²) >= 11 is 5.95. The Morgan fingerprint density at radius 3 is 2.43 bits per heavy atom. The number of nitro groups is 1. The topological polar surface area (TPSA) is 72.2 Å². The summed E-state index contributed by atoms with van der Waals surface area (Å²) in [5.41, 5.74) is 1.91. The third-order valence-electron chi connectivity index (χ3n) is 3.76. The Kier molecular flexibility index (Phi) is 5.34. The molecule has 1 N–H and O–H groups in total. The molecular weight excluding hydrogens is 316 g/mol. The predicted octanol–water partition coefficient (Wildman–Crippen LogP) is 5.01. The predicted molar refractivity (Wildman–Crippen MR) is 91.2 cm³/mol. The van der Waals surface area contributed by atoms with Crippen molar-refractivity contribution in [2.24, 2.45) is 0 Å². The van der Waals surface area contributed by atoms with E-state index < -0.39 is 10.8 Å². The first-order chi connectivity index (χ1) is 10.9. The Morgan fingerprint density at radius 1 is 1.26 bits per heavy atom. The van der Waals surface area contributed by atoms with Crippen molar-refractivity contribution in [2.75, 3.05) is 5.32 Å². The third-order valence-corrected chi connectivity index (χ3v) is 4.07. The molecule has 1 atom stereocenters. The van der Waals surface area contributed by atoms with Crippen LogP contribution in [0, 0.1) is 10.1 Å². The van der Waals surface area contributed by atoms with Gasteiger partial charge in [-0.3, -0.25) is 14.9 Å². The molecule has 2 rings (SSSR count). The molecule has 5 nitrogen and oxygen atoms in total. The minimum absolute atomic E-state index is 0.0490. The smallest absolute Gasteiger partial charge is 0.270 e. The number of nitrogens with one attached hydrogen (secondary N) is 1. The molecule has 23 heavy (non-hydrogen) atoms. The molecule has 0 aliphatic rings. The average Bonchev–Trinajstić information content (AvgIpc) is 2.54. The molecule has 2 aromatic rings. The minimum atomic E-state index is -0.554. The normalized spacial score (nSPS) is 11.8. The number of anilines is 1. The van der Waals surface area contributed by atoms with Crippen LogP contribution in [0.15, 0.2) is 42.5 Å². The Morgan fingerprint density at radius 2 is 1.91 bits per heavy atom. The summed E-state index contributed by atoms with van der Waals surface area (Å²) in [6.07, 6.45) is 1.05. The van der Waals surface area contributed by atoms with Crippen molar-refractivity contribution in [1.29, 1.82) is 0 Å². The summed E-state index contributed by atoms with van der Waals surface area (Å²) in [7, 11) is 0. The zero-order valence-corrected chi connectivity index (χ0v) is 13.6. The summed E-state index contributed by atoms with van der Waals surface area (Å²) in [4.78, 5) is 22.4. The van der Waals surface area contributed by atoms with Gasteiger partial charge in [-0.25, -0.2) is 0 Å². The van der Waals surface area contributed by atoms with E-state index in [-0.39, 0.29) is 16.3 Å². The second kappa shape index (κ2) is 7.24. The fourth-order valence-corrected chi connectivity index (χ4v) is 2.39. The van der Waals surface area contributed by atoms with E-state index in [2.05, 4.69) is 19.2 Å². The molecule has 2 aromatic carbocycles. The zero-order valence-electron chi connectivity index (χ0n) is 12.9. The van der Waals surface area contributed by atoms with Crippen LogP contribution in [0.1, 0.15) is 42.1 Å². The molecule has 0 saturated carbocycles. The minimum Gasteiger partial charge on any atom is -0.322 e. The van der Waals surface area contributed by atoms with Gasteiger partial charge in [0.15, 0.2) is 0 Å². The van der Waals surface area contributed by atoms with Gasteiger partial charge in [0.1, 0.15) is 0 Å². The number of carbonyl (C=O) groups excluding carboxylic acids is 1. The molecule has 1 unspecified atom stereocenters. The van der Waals surface area contributed by atoms with Gasteiger partial charge in [-0.1, -0.05) is 37.6 Å². The van der Waals surface area contributed by atoms with Crippen LogP contribution in [0.5, 0.6) is 0 Å². The van der Waals surface area contributed by atoms with Gasteiger partial charge in [0.05, 0.1) is 15.5 Å². The molecule has 0 aliphatic heterocycles. The Hall–Kier alpha value is -2.40. The van der Waals surface area contributed by atoms with Crippen molar-refractivity contribution in [3.63, 3.8) is 0 Å². The van der Waals surface area contributed by atoms with Gasteiger partial charge in [-0.2, -0.15) is 0 Å². The van der Waals surface area contributed by atoms with Gasteiger partial charge in [-0.05, 0) is 36.1 Å².